The summed E-state index contributed by atoms with van der Waals surface area (Å²) >= 11 is 12.4. The van der Waals surface area contributed by atoms with Gasteiger partial charge in [-0.15, -0.1) is 0 Å². The van der Waals surface area contributed by atoms with E-state index >= 15 is 0 Å². The Kier molecular flexibility index (Phi) is 6.01. The van der Waals surface area contributed by atoms with Gasteiger partial charge in [0.05, 0.1) is 6.54 Å². The number of hydrogen-bond donors (Lipinski definition) is 2. The molecule has 1 amide bonds. The molecule has 3 aromatic rings. The van der Waals surface area contributed by atoms with Crippen LogP contribution in [0.2, 0.25) is 10.0 Å². The van der Waals surface area contributed by atoms with E-state index in [1.54, 1.807) is 28.9 Å². The minimum Gasteiger partial charge on any atom is -0.476 e. The van der Waals surface area contributed by atoms with Crippen molar-refractivity contribution in [1.82, 2.24) is 19.6 Å². The third-order valence-corrected chi connectivity index (χ3v) is 4.75. The molecule has 0 saturated heterocycles. The van der Waals surface area contributed by atoms with Gasteiger partial charge in [0, 0.05) is 46.5 Å². The largest absolute Gasteiger partial charge is 0.476 e. The van der Waals surface area contributed by atoms with Crippen molar-refractivity contribution in [1.29, 1.82) is 0 Å². The second-order valence-corrected chi connectivity index (χ2v) is 6.91. The lowest BCUT2D eigenvalue weighted by Gasteiger charge is -2.08. The van der Waals surface area contributed by atoms with Crippen LogP contribution < -0.4 is 5.32 Å². The number of hydrogen-bond acceptors (Lipinski definition) is 4. The highest BCUT2D eigenvalue weighted by Crippen LogP contribution is 2.25. The number of carbonyl (C=O) groups excluding carboxylic acids is 1. The number of carboxylic acids is 1. The summed E-state index contributed by atoms with van der Waals surface area (Å²) in [6.07, 6.45) is 1.64. The Morgan fingerprint density at radius 3 is 2.54 bits per heavy atom. The quantitative estimate of drug-likeness (QED) is 0.607. The van der Waals surface area contributed by atoms with Crippen LogP contribution in [0.5, 0.6) is 0 Å². The molecule has 0 aliphatic heterocycles. The summed E-state index contributed by atoms with van der Waals surface area (Å²) in [6.45, 7) is 2.50. The molecule has 8 nitrogen and oxygen atoms in total. The first-order valence-corrected chi connectivity index (χ1v) is 9.13. The van der Waals surface area contributed by atoms with Crippen LogP contribution in [0, 0.1) is 6.92 Å². The average Bonchev–Trinajstić information content (AvgIpc) is 3.23. The van der Waals surface area contributed by atoms with E-state index in [0.717, 1.165) is 11.3 Å². The Morgan fingerprint density at radius 1 is 1.18 bits per heavy atom. The fourth-order valence-corrected chi connectivity index (χ4v) is 3.10. The van der Waals surface area contributed by atoms with Crippen molar-refractivity contribution in [2.75, 3.05) is 5.32 Å². The summed E-state index contributed by atoms with van der Waals surface area (Å²) in [5.74, 6) is -0.951. The maximum absolute atomic E-state index is 12.2. The van der Waals surface area contributed by atoms with Gasteiger partial charge in [-0.1, -0.05) is 29.3 Å². The number of halogens is 2. The highest BCUT2D eigenvalue weighted by molar-refractivity contribution is 6.35. The van der Waals surface area contributed by atoms with E-state index in [1.807, 2.05) is 6.92 Å². The van der Waals surface area contributed by atoms with E-state index in [9.17, 15) is 9.59 Å². The molecule has 0 unspecified atom stereocenters. The van der Waals surface area contributed by atoms with Crippen LogP contribution in [0.4, 0.5) is 5.82 Å². The summed E-state index contributed by atoms with van der Waals surface area (Å²) in [6, 6.07) is 8.42. The van der Waals surface area contributed by atoms with Crippen LogP contribution in [0.25, 0.3) is 0 Å². The molecule has 2 aromatic heterocycles. The van der Waals surface area contributed by atoms with Crippen molar-refractivity contribution in [3.8, 4) is 0 Å². The van der Waals surface area contributed by atoms with Crippen LogP contribution >= 0.6 is 23.2 Å². The highest BCUT2D eigenvalue weighted by Gasteiger charge is 2.12. The molecule has 0 atom stereocenters. The van der Waals surface area contributed by atoms with Gasteiger partial charge in [0.15, 0.2) is 11.5 Å². The van der Waals surface area contributed by atoms with E-state index in [2.05, 4.69) is 15.5 Å². The molecule has 0 aliphatic carbocycles. The van der Waals surface area contributed by atoms with Gasteiger partial charge in [0.1, 0.15) is 0 Å². The van der Waals surface area contributed by atoms with E-state index in [0.29, 0.717) is 22.4 Å². The predicted molar refractivity (Wildman–Crippen MR) is 105 cm³/mol. The molecule has 2 heterocycles. The van der Waals surface area contributed by atoms with E-state index in [-0.39, 0.29) is 24.6 Å². The number of amides is 1. The Labute approximate surface area is 170 Å². The zero-order valence-corrected chi connectivity index (χ0v) is 16.4. The second kappa shape index (κ2) is 8.45. The zero-order valence-electron chi connectivity index (χ0n) is 14.9. The first-order valence-electron chi connectivity index (χ1n) is 8.37. The lowest BCUT2D eigenvalue weighted by atomic mass is 10.2. The standard InChI is InChI=1S/C18H17Cl2N5O3/c1-11-9-16(23-25(11)10-12-13(19)3-2-4-14(12)20)21-17(26)6-8-24-7-5-15(22-24)18(27)28/h2-5,7,9H,6,8,10H2,1H3,(H,27,28)(H,21,23,26). The molecule has 2 N–H and O–H groups in total. The number of nitrogens with one attached hydrogen (secondary N) is 1. The third-order valence-electron chi connectivity index (χ3n) is 4.05. The van der Waals surface area contributed by atoms with Gasteiger partial charge >= 0.3 is 5.97 Å². The first kappa shape index (κ1) is 19.9. The lowest BCUT2D eigenvalue weighted by Crippen LogP contribution is -2.15. The molecule has 0 bridgehead atoms. The zero-order chi connectivity index (χ0) is 20.3. The predicted octanol–water partition coefficient (Wildman–Crippen LogP) is 3.47. The van der Waals surface area contributed by atoms with E-state index in [4.69, 9.17) is 28.3 Å². The summed E-state index contributed by atoms with van der Waals surface area (Å²) in [5.41, 5.74) is 1.53. The molecule has 0 radical (unpaired) electrons. The molecular weight excluding hydrogens is 405 g/mol. The number of aromatic nitrogens is 4. The fourth-order valence-electron chi connectivity index (χ4n) is 2.59. The Bertz CT molecular complexity index is 1010. The second-order valence-electron chi connectivity index (χ2n) is 6.10. The van der Waals surface area contributed by atoms with Gasteiger partial charge in [-0.25, -0.2) is 4.79 Å². The van der Waals surface area contributed by atoms with Gasteiger partial charge in [-0.05, 0) is 25.1 Å². The minimum atomic E-state index is -1.11. The van der Waals surface area contributed by atoms with Gasteiger partial charge in [0.25, 0.3) is 0 Å². The molecular formula is C18H17Cl2N5O3. The molecule has 28 heavy (non-hydrogen) atoms. The summed E-state index contributed by atoms with van der Waals surface area (Å²) in [4.78, 5) is 23.0. The Hall–Kier alpha value is -2.84. The van der Waals surface area contributed by atoms with Crippen molar-refractivity contribution in [3.63, 3.8) is 0 Å². The van der Waals surface area contributed by atoms with Gasteiger partial charge in [0.2, 0.25) is 5.91 Å². The maximum Gasteiger partial charge on any atom is 0.356 e. The number of aromatic carboxylic acids is 1. The normalized spacial score (nSPS) is 10.8. The third kappa shape index (κ3) is 4.71. The molecule has 0 saturated carbocycles. The summed E-state index contributed by atoms with van der Waals surface area (Å²) in [7, 11) is 0. The van der Waals surface area contributed by atoms with Crippen LogP contribution in [-0.4, -0.2) is 36.5 Å². The van der Waals surface area contributed by atoms with Gasteiger partial charge in [-0.2, -0.15) is 10.2 Å². The van der Waals surface area contributed by atoms with E-state index < -0.39 is 5.97 Å². The van der Waals surface area contributed by atoms with Crippen LogP contribution in [-0.2, 0) is 17.9 Å². The number of nitrogens with zero attached hydrogens (tertiary/aromatic N) is 4. The van der Waals surface area contributed by atoms with Crippen molar-refractivity contribution in [3.05, 3.63) is 63.5 Å². The smallest absolute Gasteiger partial charge is 0.356 e. The number of anilines is 1. The van der Waals surface area contributed by atoms with Crippen LogP contribution in [0.1, 0.15) is 28.2 Å². The average molecular weight is 422 g/mol. The highest BCUT2D eigenvalue weighted by atomic mass is 35.5. The molecule has 10 heteroatoms. The summed E-state index contributed by atoms with van der Waals surface area (Å²) < 4.78 is 3.11. The topological polar surface area (TPSA) is 102 Å². The SMILES string of the molecule is Cc1cc(NC(=O)CCn2ccc(C(=O)O)n2)nn1Cc1c(Cl)cccc1Cl. The molecule has 0 spiro atoms. The number of carbonyl (C=O) groups is 2. The monoisotopic (exact) mass is 421 g/mol. The van der Waals surface area contributed by atoms with E-state index in [1.165, 1.54) is 16.9 Å². The minimum absolute atomic E-state index is 0.0620. The molecule has 1 aromatic carbocycles. The molecule has 0 fully saturated rings. The van der Waals surface area contributed by atoms with Crippen molar-refractivity contribution in [2.45, 2.75) is 26.4 Å². The number of benzene rings is 1. The number of rotatable bonds is 7. The number of carboxylic acid groups (broad SMARTS) is 1. The first-order chi connectivity index (χ1) is 13.3. The van der Waals surface area contributed by atoms with Crippen LogP contribution in [0.15, 0.2) is 36.5 Å². The number of aryl methyl sites for hydroxylation is 2. The van der Waals surface area contributed by atoms with Crippen molar-refractivity contribution in [2.24, 2.45) is 0 Å². The molecule has 0 aliphatic rings. The van der Waals surface area contributed by atoms with Crippen LogP contribution in [0.3, 0.4) is 0 Å². The lowest BCUT2D eigenvalue weighted by molar-refractivity contribution is -0.116. The molecule has 3 rings (SSSR count). The summed E-state index contributed by atoms with van der Waals surface area (Å²) in [5, 5.41) is 20.9. The van der Waals surface area contributed by atoms with Crippen molar-refractivity contribution < 1.29 is 14.7 Å². The van der Waals surface area contributed by atoms with Gasteiger partial charge in [-0.3, -0.25) is 14.2 Å². The van der Waals surface area contributed by atoms with Crippen molar-refractivity contribution >= 4 is 40.9 Å². The fraction of sp³-hybridized carbons (Fsp3) is 0.222. The van der Waals surface area contributed by atoms with Gasteiger partial charge < -0.3 is 10.4 Å². The Balaban J connectivity index is 1.61. The Morgan fingerprint density at radius 2 is 1.89 bits per heavy atom. The maximum atomic E-state index is 12.2. The molecule has 146 valence electrons.